The van der Waals surface area contributed by atoms with Gasteiger partial charge in [0.15, 0.2) is 0 Å². The van der Waals surface area contributed by atoms with Gasteiger partial charge >= 0.3 is 0 Å². The molecule has 0 aliphatic carbocycles. The molecule has 74 heavy (non-hydrogen) atoms. The number of nitrogens with zero attached hydrogens (tertiary/aromatic N) is 1. The van der Waals surface area contributed by atoms with Crippen molar-refractivity contribution in [1.29, 1.82) is 0 Å². The third kappa shape index (κ3) is 57.6. The van der Waals surface area contributed by atoms with E-state index >= 15 is 0 Å². The number of allylic oxidation sites excluding steroid dienone is 11. The number of nitrogens with one attached hydrogen (secondary N) is 1. The van der Waals surface area contributed by atoms with E-state index in [4.69, 9.17) is 9.05 Å². The van der Waals surface area contributed by atoms with Crippen LogP contribution in [-0.2, 0) is 18.4 Å². The van der Waals surface area contributed by atoms with Gasteiger partial charge in [0.2, 0.25) is 5.91 Å². The van der Waals surface area contributed by atoms with Crippen LogP contribution in [0.15, 0.2) is 72.9 Å². The fourth-order valence-corrected chi connectivity index (χ4v) is 9.68. The molecular formula is C65H121N2O6P. The number of rotatable bonds is 57. The summed E-state index contributed by atoms with van der Waals surface area (Å²) in [6.45, 7) is 4.63. The van der Waals surface area contributed by atoms with E-state index in [2.05, 4.69) is 79.9 Å². The van der Waals surface area contributed by atoms with Crippen LogP contribution in [-0.4, -0.2) is 68.5 Å². The molecule has 0 saturated carbocycles. The third-order valence-electron chi connectivity index (χ3n) is 13.9. The van der Waals surface area contributed by atoms with Gasteiger partial charge in [-0.05, 0) is 83.5 Å². The van der Waals surface area contributed by atoms with Gasteiger partial charge in [-0.25, -0.2) is 0 Å². The molecule has 3 unspecified atom stereocenters. The lowest BCUT2D eigenvalue weighted by Crippen LogP contribution is -2.45. The number of aliphatic hydroxyl groups is 1. The van der Waals surface area contributed by atoms with E-state index in [-0.39, 0.29) is 12.5 Å². The molecule has 0 fully saturated rings. The normalized spacial score (nSPS) is 14.3. The molecule has 0 aromatic heterocycles. The Kier molecular flexibility index (Phi) is 54.1. The molecule has 0 aromatic carbocycles. The Hall–Kier alpha value is -2.06. The predicted octanol–water partition coefficient (Wildman–Crippen LogP) is 18.8. The lowest BCUT2D eigenvalue weighted by Gasteiger charge is -2.29. The number of aliphatic hydroxyl groups excluding tert-OH is 1. The molecule has 0 aliphatic rings. The number of phosphoric ester groups is 1. The maximum Gasteiger partial charge on any atom is 0.268 e. The fourth-order valence-electron chi connectivity index (χ4n) is 8.96. The van der Waals surface area contributed by atoms with Gasteiger partial charge in [0, 0.05) is 6.42 Å². The second-order valence-electron chi connectivity index (χ2n) is 22.4. The zero-order valence-corrected chi connectivity index (χ0v) is 50.2. The number of hydrogen-bond acceptors (Lipinski definition) is 6. The van der Waals surface area contributed by atoms with Gasteiger partial charge in [-0.1, -0.05) is 267 Å². The van der Waals surface area contributed by atoms with Gasteiger partial charge in [0.1, 0.15) is 13.2 Å². The first-order valence-electron chi connectivity index (χ1n) is 31.3. The Bertz CT molecular complexity index is 1430. The zero-order valence-electron chi connectivity index (χ0n) is 49.3. The first kappa shape index (κ1) is 71.9. The monoisotopic (exact) mass is 1060 g/mol. The summed E-state index contributed by atoms with van der Waals surface area (Å²) in [4.78, 5) is 25.5. The molecule has 0 spiro atoms. The molecule has 0 bridgehead atoms. The molecule has 0 rings (SSSR count). The fraction of sp³-hybridized carbons (Fsp3) is 0.800. The first-order valence-corrected chi connectivity index (χ1v) is 32.8. The van der Waals surface area contributed by atoms with Gasteiger partial charge in [0.25, 0.3) is 7.82 Å². The minimum atomic E-state index is -4.62. The molecule has 3 atom stereocenters. The summed E-state index contributed by atoms with van der Waals surface area (Å²) in [5.41, 5.74) is 0. The number of quaternary nitrogens is 1. The van der Waals surface area contributed by atoms with Crippen molar-refractivity contribution in [2.45, 2.75) is 296 Å². The lowest BCUT2D eigenvalue weighted by atomic mass is 10.0. The molecule has 0 saturated heterocycles. The molecule has 8 nitrogen and oxygen atoms in total. The van der Waals surface area contributed by atoms with Crippen molar-refractivity contribution >= 4 is 13.7 Å². The van der Waals surface area contributed by atoms with Gasteiger partial charge < -0.3 is 28.8 Å². The van der Waals surface area contributed by atoms with E-state index in [1.807, 2.05) is 27.2 Å². The molecule has 9 heteroatoms. The molecule has 0 aliphatic heterocycles. The van der Waals surface area contributed by atoms with Gasteiger partial charge in [-0.15, -0.1) is 0 Å². The average Bonchev–Trinajstić information content (AvgIpc) is 3.36. The second kappa shape index (κ2) is 55.7. The van der Waals surface area contributed by atoms with Crippen molar-refractivity contribution in [2.75, 3.05) is 40.9 Å². The highest BCUT2D eigenvalue weighted by Crippen LogP contribution is 2.38. The minimum absolute atomic E-state index is 0.0116. The summed E-state index contributed by atoms with van der Waals surface area (Å²) in [7, 11) is 1.23. The van der Waals surface area contributed by atoms with Gasteiger partial charge in [0.05, 0.1) is 39.9 Å². The largest absolute Gasteiger partial charge is 0.756 e. The number of carbonyl (C=O) groups is 1. The zero-order chi connectivity index (χ0) is 54.2. The van der Waals surface area contributed by atoms with Crippen molar-refractivity contribution in [3.8, 4) is 0 Å². The smallest absolute Gasteiger partial charge is 0.268 e. The standard InChI is InChI=1S/C65H121N2O6P/c1-6-8-10-12-14-16-18-20-22-24-26-28-30-32-33-35-37-39-41-43-45-47-49-51-53-55-57-59-65(69)66-63(62-73-74(70,71)72-61-60-67(3,4)5)64(68)58-56-54-52-50-48-46-44-42-40-38-36-34-31-29-27-25-23-21-19-17-15-13-11-9-7-2/h18,20,24,26,30,32,40,42,48,50,56,58,63-64,68H,6-17,19,21-23,25,27-29,31,33-39,41,43-47,49,51-55,57,59-62H2,1-5H3,(H-,66,69,70,71)/b20-18-,26-24-,32-30-,42-40+,50-48+,58-56+. The van der Waals surface area contributed by atoms with E-state index in [0.29, 0.717) is 17.4 Å². The highest BCUT2D eigenvalue weighted by atomic mass is 31.2. The SMILES string of the molecule is CCCCCCC/C=C\C/C=C\C/C=C\CCCCCCCCCCCCCCC(=O)NC(COP(=O)([O-])OCC[N+](C)(C)C)C(O)/C=C/CC/C=C/CC/C=C/CCCCCCCCCCCCCCCCC. The van der Waals surface area contributed by atoms with Gasteiger partial charge in [-0.3, -0.25) is 9.36 Å². The second-order valence-corrected chi connectivity index (χ2v) is 23.8. The van der Waals surface area contributed by atoms with Crippen LogP contribution in [0, 0.1) is 0 Å². The Morgan fingerprint density at radius 2 is 0.797 bits per heavy atom. The van der Waals surface area contributed by atoms with Gasteiger partial charge in [-0.2, -0.15) is 0 Å². The summed E-state index contributed by atoms with van der Waals surface area (Å²) in [6.07, 6.45) is 77.1. The van der Waals surface area contributed by atoms with Crippen LogP contribution in [0.4, 0.5) is 0 Å². The van der Waals surface area contributed by atoms with Crippen molar-refractivity contribution < 1.29 is 32.9 Å². The predicted molar refractivity (Wildman–Crippen MR) is 320 cm³/mol. The van der Waals surface area contributed by atoms with E-state index < -0.39 is 26.6 Å². The Morgan fingerprint density at radius 3 is 1.19 bits per heavy atom. The quantitative estimate of drug-likeness (QED) is 0.0272. The number of phosphoric acid groups is 1. The summed E-state index contributed by atoms with van der Waals surface area (Å²) in [5.74, 6) is -0.213. The maximum atomic E-state index is 13.0. The Balaban J connectivity index is 4.24. The van der Waals surface area contributed by atoms with Crippen LogP contribution in [0.5, 0.6) is 0 Å². The Labute approximate surface area is 459 Å². The van der Waals surface area contributed by atoms with Crippen LogP contribution < -0.4 is 10.2 Å². The lowest BCUT2D eigenvalue weighted by molar-refractivity contribution is -0.870. The number of unbranched alkanes of at least 4 members (excludes halogenated alkanes) is 34. The molecule has 2 N–H and O–H groups in total. The Morgan fingerprint density at radius 1 is 0.473 bits per heavy atom. The van der Waals surface area contributed by atoms with Crippen LogP contribution in [0.25, 0.3) is 0 Å². The topological polar surface area (TPSA) is 108 Å². The highest BCUT2D eigenvalue weighted by Gasteiger charge is 2.23. The summed E-state index contributed by atoms with van der Waals surface area (Å²) >= 11 is 0. The molecule has 1 amide bonds. The van der Waals surface area contributed by atoms with E-state index in [1.54, 1.807) is 6.08 Å². The van der Waals surface area contributed by atoms with Crippen molar-refractivity contribution in [3.63, 3.8) is 0 Å². The van der Waals surface area contributed by atoms with Crippen LogP contribution in [0.2, 0.25) is 0 Å². The number of carbonyl (C=O) groups excluding carboxylic acids is 1. The number of likely N-dealkylation sites (N-methyl/N-ethyl adjacent to an activating group) is 1. The van der Waals surface area contributed by atoms with Crippen LogP contribution >= 0.6 is 7.82 Å². The maximum absolute atomic E-state index is 13.0. The van der Waals surface area contributed by atoms with Crippen molar-refractivity contribution in [2.24, 2.45) is 0 Å². The van der Waals surface area contributed by atoms with E-state index in [0.717, 1.165) is 57.8 Å². The number of amides is 1. The third-order valence-corrected chi connectivity index (χ3v) is 14.8. The van der Waals surface area contributed by atoms with E-state index in [9.17, 15) is 19.4 Å². The molecule has 0 radical (unpaired) electrons. The summed E-state index contributed by atoms with van der Waals surface area (Å²) < 4.78 is 23.4. The highest BCUT2D eigenvalue weighted by molar-refractivity contribution is 7.45. The summed E-state index contributed by atoms with van der Waals surface area (Å²) in [6, 6.07) is -0.915. The minimum Gasteiger partial charge on any atom is -0.756 e. The van der Waals surface area contributed by atoms with Crippen molar-refractivity contribution in [1.82, 2.24) is 5.32 Å². The first-order chi connectivity index (χ1) is 36.0. The number of hydrogen-bond donors (Lipinski definition) is 2. The van der Waals surface area contributed by atoms with Crippen LogP contribution in [0.1, 0.15) is 284 Å². The average molecular weight is 1060 g/mol. The molecule has 432 valence electrons. The molecule has 0 aromatic rings. The van der Waals surface area contributed by atoms with E-state index in [1.165, 1.54) is 205 Å². The van der Waals surface area contributed by atoms with Crippen molar-refractivity contribution in [3.05, 3.63) is 72.9 Å². The molecule has 0 heterocycles. The van der Waals surface area contributed by atoms with Crippen LogP contribution in [0.3, 0.4) is 0 Å². The summed E-state index contributed by atoms with van der Waals surface area (Å²) in [5, 5.41) is 13.9. The molecular weight excluding hydrogens is 936 g/mol.